The molecule has 0 bridgehead atoms. The number of nitriles is 1. The minimum absolute atomic E-state index is 0.0258. The number of rotatable bonds is 2. The van der Waals surface area contributed by atoms with E-state index in [9.17, 15) is 10.1 Å². The van der Waals surface area contributed by atoms with Crippen molar-refractivity contribution in [2.75, 3.05) is 19.0 Å². The lowest BCUT2D eigenvalue weighted by atomic mass is 10.1. The van der Waals surface area contributed by atoms with Crippen LogP contribution in [-0.2, 0) is 0 Å². The maximum atomic E-state index is 10.9. The molecule has 0 unspecified atom stereocenters. The second-order valence-corrected chi connectivity index (χ2v) is 3.71. The molecule has 0 saturated heterocycles. The number of aryl methyl sites for hydroxylation is 1. The highest BCUT2D eigenvalue weighted by molar-refractivity contribution is 5.60. The van der Waals surface area contributed by atoms with Crippen molar-refractivity contribution in [2.24, 2.45) is 0 Å². The van der Waals surface area contributed by atoms with E-state index in [1.807, 2.05) is 6.07 Å². The van der Waals surface area contributed by atoms with Crippen LogP contribution in [0, 0.1) is 35.3 Å². The fourth-order valence-corrected chi connectivity index (χ4v) is 1.62. The van der Waals surface area contributed by atoms with Gasteiger partial charge in [0.1, 0.15) is 6.07 Å². The van der Waals surface area contributed by atoms with Gasteiger partial charge in [-0.2, -0.15) is 5.26 Å². The lowest BCUT2D eigenvalue weighted by Gasteiger charge is -2.08. The predicted molar refractivity (Wildman–Crippen MR) is 58.2 cm³/mol. The van der Waals surface area contributed by atoms with Crippen LogP contribution in [0.3, 0.4) is 0 Å². The van der Waals surface area contributed by atoms with Crippen molar-refractivity contribution >= 4 is 11.5 Å². The molecule has 1 rings (SSSR count). The van der Waals surface area contributed by atoms with Gasteiger partial charge in [-0.15, -0.1) is 0 Å². The molecule has 0 radical (unpaired) electrons. The lowest BCUT2D eigenvalue weighted by Crippen LogP contribution is -2.26. The summed E-state index contributed by atoms with van der Waals surface area (Å²) in [5, 5.41) is 19.9. The summed E-state index contributed by atoms with van der Waals surface area (Å²) < 4.78 is 0. The van der Waals surface area contributed by atoms with Gasteiger partial charge in [0, 0.05) is 6.92 Å². The maximum Gasteiger partial charge on any atom is 0.315 e. The summed E-state index contributed by atoms with van der Waals surface area (Å²) in [5.74, 6) is 0.586. The number of nitrogens with zero attached hydrogens (tertiary/aromatic N) is 3. The Morgan fingerprint density at radius 2 is 2.00 bits per heavy atom. The third kappa shape index (κ3) is 1.80. The molecule has 0 aliphatic rings. The van der Waals surface area contributed by atoms with Crippen molar-refractivity contribution in [3.63, 3.8) is 0 Å². The first kappa shape index (κ1) is 11.9. The van der Waals surface area contributed by atoms with E-state index in [4.69, 9.17) is 5.26 Å². The third-order valence-electron chi connectivity index (χ3n) is 2.37. The number of nitrogens with one attached hydrogen (secondary N) is 1. The van der Waals surface area contributed by atoms with Gasteiger partial charge in [-0.25, -0.2) is 4.98 Å². The number of hydrogen-bond donors (Lipinski definition) is 0. The van der Waals surface area contributed by atoms with Crippen LogP contribution in [0.2, 0.25) is 0 Å². The van der Waals surface area contributed by atoms with Crippen molar-refractivity contribution in [1.29, 1.82) is 5.26 Å². The molecule has 1 heterocycles. The molecule has 6 nitrogen and oxygen atoms in total. The Hall–Kier alpha value is -2.16. The van der Waals surface area contributed by atoms with Crippen molar-refractivity contribution in [3.05, 3.63) is 26.9 Å². The fraction of sp³-hybridized carbons (Fsp3) is 0.400. The standard InChI is InChI=1S/C10H12N4O2/c1-6-8(5-11)10(13(3)4)12-7(2)9(6)14(15)16/h1-4H3/p+1. The molecule has 0 aliphatic carbocycles. The Kier molecular flexibility index (Phi) is 3.09. The molecule has 0 saturated carbocycles. The first-order chi connectivity index (χ1) is 7.40. The minimum Gasteiger partial charge on any atom is -0.266 e. The molecule has 0 atom stereocenters. The van der Waals surface area contributed by atoms with Gasteiger partial charge in [-0.3, -0.25) is 15.0 Å². The molecule has 0 aliphatic heterocycles. The number of aromatic nitrogens is 1. The smallest absolute Gasteiger partial charge is 0.266 e. The van der Waals surface area contributed by atoms with Gasteiger partial charge in [0.2, 0.25) is 0 Å². The Morgan fingerprint density at radius 1 is 1.44 bits per heavy atom. The first-order valence-electron chi connectivity index (χ1n) is 4.68. The molecule has 0 amide bonds. The average Bonchev–Trinajstić information content (AvgIpc) is 2.16. The molecule has 1 N–H and O–H groups in total. The van der Waals surface area contributed by atoms with Gasteiger partial charge in [0.05, 0.1) is 24.6 Å². The van der Waals surface area contributed by atoms with Gasteiger partial charge in [-0.1, -0.05) is 0 Å². The summed E-state index contributed by atoms with van der Waals surface area (Å²) in [6, 6.07) is 1.99. The summed E-state index contributed by atoms with van der Waals surface area (Å²) in [4.78, 5) is 15.0. The largest absolute Gasteiger partial charge is 0.315 e. The maximum absolute atomic E-state index is 10.9. The molecular weight excluding hydrogens is 208 g/mol. The van der Waals surface area contributed by atoms with Crippen molar-refractivity contribution in [3.8, 4) is 6.07 Å². The highest BCUT2D eigenvalue weighted by atomic mass is 16.6. The highest BCUT2D eigenvalue weighted by Gasteiger charge is 2.27. The Bertz CT molecular complexity index is 489. The molecule has 0 spiro atoms. The Labute approximate surface area is 93.3 Å². The molecule has 0 fully saturated rings. The molecule has 1 aromatic heterocycles. The van der Waals surface area contributed by atoms with Crippen LogP contribution in [0.15, 0.2) is 0 Å². The second-order valence-electron chi connectivity index (χ2n) is 3.71. The first-order valence-corrected chi connectivity index (χ1v) is 4.68. The number of hydrogen-bond acceptors (Lipinski definition) is 4. The predicted octanol–water partition coefficient (Wildman–Crippen LogP) is 0.963. The topological polar surface area (TPSA) is 84.3 Å². The third-order valence-corrected chi connectivity index (χ3v) is 2.37. The molecule has 0 aromatic carbocycles. The number of anilines is 1. The van der Waals surface area contributed by atoms with E-state index < -0.39 is 4.92 Å². The van der Waals surface area contributed by atoms with Gasteiger partial charge in [0.15, 0.2) is 11.3 Å². The summed E-state index contributed by atoms with van der Waals surface area (Å²) in [6.45, 7) is 3.21. The number of aromatic amines is 1. The van der Waals surface area contributed by atoms with Crippen molar-refractivity contribution in [1.82, 2.24) is 0 Å². The van der Waals surface area contributed by atoms with Crippen LogP contribution in [-0.4, -0.2) is 19.0 Å². The van der Waals surface area contributed by atoms with E-state index in [1.165, 1.54) is 0 Å². The Balaban J connectivity index is 3.64. The average molecular weight is 221 g/mol. The van der Waals surface area contributed by atoms with Crippen LogP contribution < -0.4 is 9.88 Å². The SMILES string of the molecule is Cc1[nH+]c(N(C)C)c(C#N)c(C)c1[N+](=O)[O-]. The van der Waals surface area contributed by atoms with E-state index in [-0.39, 0.29) is 5.69 Å². The van der Waals surface area contributed by atoms with Gasteiger partial charge >= 0.3 is 5.69 Å². The van der Waals surface area contributed by atoms with E-state index in [1.54, 1.807) is 32.8 Å². The van der Waals surface area contributed by atoms with Crippen LogP contribution in [0.1, 0.15) is 16.8 Å². The zero-order chi connectivity index (χ0) is 12.5. The molecule has 6 heteroatoms. The summed E-state index contributed by atoms with van der Waals surface area (Å²) >= 11 is 0. The normalized spacial score (nSPS) is 9.69. The van der Waals surface area contributed by atoms with Crippen LogP contribution >= 0.6 is 0 Å². The van der Waals surface area contributed by atoms with Gasteiger partial charge < -0.3 is 0 Å². The fourth-order valence-electron chi connectivity index (χ4n) is 1.62. The zero-order valence-corrected chi connectivity index (χ0v) is 9.66. The Morgan fingerprint density at radius 3 is 2.38 bits per heavy atom. The van der Waals surface area contributed by atoms with E-state index in [2.05, 4.69) is 4.98 Å². The summed E-state index contributed by atoms with van der Waals surface area (Å²) in [5.41, 5.74) is 1.13. The molecule has 1 aromatic rings. The number of nitro groups is 1. The van der Waals surface area contributed by atoms with E-state index in [0.29, 0.717) is 22.6 Å². The van der Waals surface area contributed by atoms with E-state index in [0.717, 1.165) is 0 Å². The summed E-state index contributed by atoms with van der Waals surface area (Å²) in [6.07, 6.45) is 0. The molecule has 16 heavy (non-hydrogen) atoms. The highest BCUT2D eigenvalue weighted by Crippen LogP contribution is 2.26. The van der Waals surface area contributed by atoms with Crippen molar-refractivity contribution < 1.29 is 9.91 Å². The molecular formula is C10H13N4O2+. The quantitative estimate of drug-likeness (QED) is 0.550. The van der Waals surface area contributed by atoms with Crippen LogP contribution in [0.5, 0.6) is 0 Å². The number of H-pyrrole nitrogens is 1. The number of pyridine rings is 1. The van der Waals surface area contributed by atoms with Crippen molar-refractivity contribution in [2.45, 2.75) is 13.8 Å². The minimum atomic E-state index is -0.471. The van der Waals surface area contributed by atoms with Crippen LogP contribution in [0.4, 0.5) is 11.5 Å². The van der Waals surface area contributed by atoms with Gasteiger partial charge in [-0.05, 0) is 6.92 Å². The van der Waals surface area contributed by atoms with Crippen LogP contribution in [0.25, 0.3) is 0 Å². The zero-order valence-electron chi connectivity index (χ0n) is 9.66. The summed E-state index contributed by atoms with van der Waals surface area (Å²) in [7, 11) is 3.55. The lowest BCUT2D eigenvalue weighted by molar-refractivity contribution is -0.420. The monoisotopic (exact) mass is 221 g/mol. The van der Waals surface area contributed by atoms with Gasteiger partial charge in [0.25, 0.3) is 5.82 Å². The molecule has 84 valence electrons. The van der Waals surface area contributed by atoms with E-state index >= 15 is 0 Å². The second kappa shape index (κ2) is 4.14.